The summed E-state index contributed by atoms with van der Waals surface area (Å²) < 4.78 is 31.3. The molecule has 1 atom stereocenters. The number of hydrogen-bond acceptors (Lipinski definition) is 10. The molecule has 168 valence electrons. The van der Waals surface area contributed by atoms with Gasteiger partial charge in [-0.05, 0) is 31.6 Å². The van der Waals surface area contributed by atoms with Crippen LogP contribution in [0.5, 0.6) is 0 Å². The Morgan fingerprint density at radius 3 is 2.09 bits per heavy atom. The van der Waals surface area contributed by atoms with Crippen molar-refractivity contribution in [2.45, 2.75) is 37.4 Å². The average molecular weight is 480 g/mol. The topological polar surface area (TPSA) is 196 Å². The van der Waals surface area contributed by atoms with Crippen LogP contribution in [0.25, 0.3) is 0 Å². The molecule has 32 heavy (non-hydrogen) atoms. The van der Waals surface area contributed by atoms with Gasteiger partial charge in [-0.2, -0.15) is 8.42 Å². The molecule has 15 heteroatoms. The molecule has 1 aliphatic carbocycles. The van der Waals surface area contributed by atoms with Crippen LogP contribution < -0.4 is 34.7 Å². The Balaban J connectivity index is 0.00000363. The zero-order valence-corrected chi connectivity index (χ0v) is 19.7. The number of nitrogens with zero attached hydrogens (tertiary/aromatic N) is 2. The van der Waals surface area contributed by atoms with Crippen LogP contribution in [-0.2, 0) is 43.7 Å². The third-order valence-corrected chi connectivity index (χ3v) is 6.76. The molecule has 4 amide bonds. The van der Waals surface area contributed by atoms with E-state index in [2.05, 4.69) is 4.84 Å². The first-order valence-electron chi connectivity index (χ1n) is 9.17. The fourth-order valence-electron chi connectivity index (χ4n) is 3.80. The van der Waals surface area contributed by atoms with Crippen LogP contribution in [0, 0.1) is 11.3 Å². The summed E-state index contributed by atoms with van der Waals surface area (Å²) in [5, 5.41) is 9.46. The molecular formula is C17H17N2NaO11S. The fourth-order valence-corrected chi connectivity index (χ4v) is 4.50. The van der Waals surface area contributed by atoms with Gasteiger partial charge < -0.3 is 14.7 Å². The van der Waals surface area contributed by atoms with Crippen molar-refractivity contribution in [1.82, 2.24) is 9.96 Å². The Morgan fingerprint density at radius 1 is 1.12 bits per heavy atom. The van der Waals surface area contributed by atoms with Crippen LogP contribution in [0.4, 0.5) is 0 Å². The predicted molar refractivity (Wildman–Crippen MR) is 93.2 cm³/mol. The maximum atomic E-state index is 12.6. The summed E-state index contributed by atoms with van der Waals surface area (Å²) in [6, 6.07) is 0. The normalized spacial score (nSPS) is 28.2. The van der Waals surface area contributed by atoms with Crippen molar-refractivity contribution in [3.05, 3.63) is 12.2 Å². The molecule has 2 heterocycles. The van der Waals surface area contributed by atoms with E-state index in [0.29, 0.717) is 0 Å². The molecule has 0 aromatic carbocycles. The maximum Gasteiger partial charge on any atom is 1.00 e. The number of hydrogen-bond donors (Lipinski definition) is 1. The van der Waals surface area contributed by atoms with E-state index in [1.807, 2.05) is 0 Å². The summed E-state index contributed by atoms with van der Waals surface area (Å²) >= 11 is 0. The number of carbonyl (C=O) groups is 6. The number of carboxylic acid groups (broad SMARTS) is 1. The second kappa shape index (κ2) is 9.39. The summed E-state index contributed by atoms with van der Waals surface area (Å²) in [5.41, 5.74) is -2.22. The summed E-state index contributed by atoms with van der Waals surface area (Å²) in [7, 11) is -4.93. The zero-order valence-electron chi connectivity index (χ0n) is 16.9. The van der Waals surface area contributed by atoms with Gasteiger partial charge >= 0.3 is 35.5 Å². The average Bonchev–Trinajstić information content (AvgIpc) is 3.15. The van der Waals surface area contributed by atoms with Gasteiger partial charge in [0, 0.05) is 18.7 Å². The fraction of sp³-hybridized carbons (Fsp3) is 0.529. The van der Waals surface area contributed by atoms with E-state index < -0.39 is 62.8 Å². The predicted octanol–water partition coefficient (Wildman–Crippen LogP) is -5.68. The van der Waals surface area contributed by atoms with Gasteiger partial charge in [-0.1, -0.05) is 0 Å². The van der Waals surface area contributed by atoms with Crippen molar-refractivity contribution in [1.29, 1.82) is 0 Å². The van der Waals surface area contributed by atoms with Crippen molar-refractivity contribution in [2.75, 3.05) is 6.54 Å². The van der Waals surface area contributed by atoms with Crippen molar-refractivity contribution >= 4 is 45.7 Å². The van der Waals surface area contributed by atoms with Crippen LogP contribution >= 0.6 is 0 Å². The minimum Gasteiger partial charge on any atom is -0.549 e. The summed E-state index contributed by atoms with van der Waals surface area (Å²) in [4.78, 5) is 77.2. The maximum absolute atomic E-state index is 12.6. The van der Waals surface area contributed by atoms with Gasteiger partial charge in [0.1, 0.15) is 5.41 Å². The van der Waals surface area contributed by atoms with Crippen molar-refractivity contribution in [3.8, 4) is 0 Å². The first kappa shape index (κ1) is 26.1. The van der Waals surface area contributed by atoms with Gasteiger partial charge in [0.2, 0.25) is 0 Å². The summed E-state index contributed by atoms with van der Waals surface area (Å²) in [5.74, 6) is -7.34. The van der Waals surface area contributed by atoms with Gasteiger partial charge in [-0.3, -0.25) is 28.6 Å². The summed E-state index contributed by atoms with van der Waals surface area (Å²) in [6.45, 7) is 0.0297. The molecule has 13 nitrogen and oxygen atoms in total. The number of imide groups is 2. The van der Waals surface area contributed by atoms with Crippen LogP contribution in [0.2, 0.25) is 0 Å². The molecule has 1 unspecified atom stereocenters. The van der Waals surface area contributed by atoms with Crippen molar-refractivity contribution in [2.24, 2.45) is 11.3 Å². The van der Waals surface area contributed by atoms with Gasteiger partial charge in [-0.15, -0.1) is 5.06 Å². The smallest absolute Gasteiger partial charge is 0.549 e. The number of carboxylic acids is 1. The van der Waals surface area contributed by atoms with Crippen LogP contribution in [-0.4, -0.2) is 70.3 Å². The zero-order chi connectivity index (χ0) is 23.1. The molecule has 2 fully saturated rings. The minimum absolute atomic E-state index is 0. The van der Waals surface area contributed by atoms with E-state index in [1.54, 1.807) is 0 Å². The van der Waals surface area contributed by atoms with Gasteiger partial charge in [0.25, 0.3) is 33.7 Å². The molecule has 2 aliphatic heterocycles. The van der Waals surface area contributed by atoms with Crippen LogP contribution in [0.1, 0.15) is 32.1 Å². The number of amides is 4. The molecule has 1 N–H and O–H groups in total. The molecule has 0 spiro atoms. The van der Waals surface area contributed by atoms with Gasteiger partial charge in [0.15, 0.2) is 5.25 Å². The number of rotatable bonds is 6. The van der Waals surface area contributed by atoms with E-state index in [-0.39, 0.29) is 72.8 Å². The second-order valence-electron chi connectivity index (χ2n) is 7.55. The molecule has 0 radical (unpaired) electrons. The monoisotopic (exact) mass is 480 g/mol. The van der Waals surface area contributed by atoms with E-state index in [0.717, 1.165) is 17.1 Å². The molecule has 1 saturated heterocycles. The third-order valence-electron chi connectivity index (χ3n) is 5.68. The molecule has 3 rings (SSSR count). The Kier molecular flexibility index (Phi) is 7.67. The van der Waals surface area contributed by atoms with Gasteiger partial charge in [-0.25, -0.2) is 4.79 Å². The number of hydroxylamine groups is 2. The Hall–Kier alpha value is -2.13. The second-order valence-corrected chi connectivity index (χ2v) is 9.15. The number of carbonyl (C=O) groups excluding carboxylic acids is 6. The van der Waals surface area contributed by atoms with E-state index in [4.69, 9.17) is 4.55 Å². The Bertz CT molecular complexity index is 996. The molecule has 0 aromatic heterocycles. The summed E-state index contributed by atoms with van der Waals surface area (Å²) in [6.07, 6.45) is 0.805. The molecule has 0 bridgehead atoms. The van der Waals surface area contributed by atoms with Crippen LogP contribution in [0.15, 0.2) is 12.2 Å². The molecule has 3 aliphatic rings. The number of aliphatic carboxylic acids is 1. The van der Waals surface area contributed by atoms with E-state index in [9.17, 15) is 42.3 Å². The van der Waals surface area contributed by atoms with Crippen molar-refractivity contribution in [3.63, 3.8) is 0 Å². The van der Waals surface area contributed by atoms with E-state index >= 15 is 0 Å². The van der Waals surface area contributed by atoms with Gasteiger partial charge in [0.05, 0.1) is 12.4 Å². The minimum atomic E-state index is -4.93. The first-order chi connectivity index (χ1) is 14.4. The van der Waals surface area contributed by atoms with E-state index in [1.165, 1.54) is 0 Å². The Labute approximate surface area is 203 Å². The molecular weight excluding hydrogens is 463 g/mol. The Morgan fingerprint density at radius 2 is 1.66 bits per heavy atom. The standard InChI is InChI=1S/C17H18N2O11S.Na/c20-11-1-2-12(21)18(11)8-9-3-5-17(6-4-9,15(24)25)16(26)30-19-13(22)7-10(14(19)23)31(27,28)29;/h1-2,9-10H,3-8H2,(H,24,25)(H,27,28,29);/q;+1/p-1. The molecule has 1 saturated carbocycles. The first-order valence-corrected chi connectivity index (χ1v) is 10.7. The SMILES string of the molecule is O=C1C=CC(=O)N1CC1CCC(C(=O)[O-])(C(=O)ON2C(=O)CC(S(=O)(=O)O)C2=O)CC1.[Na+]. The third kappa shape index (κ3) is 4.78. The quantitative estimate of drug-likeness (QED) is 0.165. The largest absolute Gasteiger partial charge is 1.00 e. The molecule has 0 aromatic rings. The van der Waals surface area contributed by atoms with Crippen molar-refractivity contribution < 1.29 is 81.2 Å². The van der Waals surface area contributed by atoms with Crippen LogP contribution in [0.3, 0.4) is 0 Å².